The van der Waals surface area contributed by atoms with Gasteiger partial charge >= 0.3 is 0 Å². The van der Waals surface area contributed by atoms with Gasteiger partial charge in [-0.1, -0.05) is 40.6 Å². The summed E-state index contributed by atoms with van der Waals surface area (Å²) in [6, 6.07) is 10.4. The van der Waals surface area contributed by atoms with E-state index < -0.39 is 0 Å². The third-order valence-corrected chi connectivity index (χ3v) is 5.23. The largest absolute Gasteiger partial charge is 0.490 e. The molecule has 0 fully saturated rings. The summed E-state index contributed by atoms with van der Waals surface area (Å²) in [6.45, 7) is 1.31. The van der Waals surface area contributed by atoms with Gasteiger partial charge in [-0.15, -0.1) is 10.2 Å². The van der Waals surface area contributed by atoms with Crippen LogP contribution in [-0.2, 0) is 0 Å². The van der Waals surface area contributed by atoms with Crippen LogP contribution in [-0.4, -0.2) is 29.3 Å². The van der Waals surface area contributed by atoms with Gasteiger partial charge in [-0.05, 0) is 30.3 Å². The number of anilines is 2. The van der Waals surface area contributed by atoms with Crippen molar-refractivity contribution in [3.05, 3.63) is 52.0 Å². The molecule has 3 aromatic rings. The monoisotopic (exact) mass is 406 g/mol. The SMILES string of the molecule is O=C(Nc1nnc(-c2c(Cl)cccc2Cl)s1)c1ccc2c(c1)NCCO2. The fraction of sp³-hybridized carbons (Fsp3) is 0.118. The van der Waals surface area contributed by atoms with Crippen molar-refractivity contribution in [1.29, 1.82) is 0 Å². The number of aromatic nitrogens is 2. The van der Waals surface area contributed by atoms with Crippen LogP contribution in [0.3, 0.4) is 0 Å². The molecule has 2 heterocycles. The summed E-state index contributed by atoms with van der Waals surface area (Å²) in [5.74, 6) is 0.451. The first-order valence-electron chi connectivity index (χ1n) is 7.72. The molecule has 2 aromatic carbocycles. The second kappa shape index (κ2) is 7.11. The molecule has 1 aliphatic rings. The minimum atomic E-state index is -0.284. The lowest BCUT2D eigenvalue weighted by atomic mass is 10.1. The highest BCUT2D eigenvalue weighted by Gasteiger charge is 2.17. The van der Waals surface area contributed by atoms with Crippen molar-refractivity contribution in [1.82, 2.24) is 10.2 Å². The van der Waals surface area contributed by atoms with Gasteiger partial charge < -0.3 is 10.1 Å². The Balaban J connectivity index is 1.55. The van der Waals surface area contributed by atoms with Crippen molar-refractivity contribution in [2.45, 2.75) is 0 Å². The highest BCUT2D eigenvalue weighted by Crippen LogP contribution is 2.37. The van der Waals surface area contributed by atoms with E-state index in [1.165, 1.54) is 11.3 Å². The van der Waals surface area contributed by atoms with E-state index >= 15 is 0 Å². The van der Waals surface area contributed by atoms with Crippen molar-refractivity contribution < 1.29 is 9.53 Å². The zero-order valence-corrected chi connectivity index (χ0v) is 15.6. The van der Waals surface area contributed by atoms with E-state index in [1.807, 2.05) is 0 Å². The number of amides is 1. The third-order valence-electron chi connectivity index (χ3n) is 3.74. The zero-order valence-electron chi connectivity index (χ0n) is 13.3. The molecule has 0 spiro atoms. The van der Waals surface area contributed by atoms with Gasteiger partial charge in [-0.3, -0.25) is 10.1 Å². The molecule has 0 saturated carbocycles. The van der Waals surface area contributed by atoms with Crippen LogP contribution in [0.1, 0.15) is 10.4 Å². The van der Waals surface area contributed by atoms with Crippen molar-refractivity contribution >= 4 is 51.3 Å². The standard InChI is InChI=1S/C17H12Cl2N4O2S/c18-10-2-1-3-11(19)14(10)16-22-23-17(26-16)21-15(24)9-4-5-13-12(8-9)20-6-7-25-13/h1-5,8,20H,6-7H2,(H,21,23,24). The van der Waals surface area contributed by atoms with Crippen molar-refractivity contribution in [3.8, 4) is 16.3 Å². The molecule has 6 nitrogen and oxygen atoms in total. The van der Waals surface area contributed by atoms with Crippen molar-refractivity contribution in [3.63, 3.8) is 0 Å². The fourth-order valence-electron chi connectivity index (χ4n) is 2.53. The lowest BCUT2D eigenvalue weighted by Crippen LogP contribution is -2.19. The Kier molecular flexibility index (Phi) is 4.67. The summed E-state index contributed by atoms with van der Waals surface area (Å²) >= 11 is 13.6. The first kappa shape index (κ1) is 17.1. The number of rotatable bonds is 3. The van der Waals surface area contributed by atoms with E-state index in [9.17, 15) is 4.79 Å². The Morgan fingerprint density at radius 3 is 2.81 bits per heavy atom. The van der Waals surface area contributed by atoms with Crippen molar-refractivity contribution in [2.24, 2.45) is 0 Å². The lowest BCUT2D eigenvalue weighted by molar-refractivity contribution is 0.102. The summed E-state index contributed by atoms with van der Waals surface area (Å²) in [7, 11) is 0. The van der Waals surface area contributed by atoms with Crippen LogP contribution < -0.4 is 15.4 Å². The molecule has 1 aromatic heterocycles. The average Bonchev–Trinajstić information content (AvgIpc) is 3.09. The summed E-state index contributed by atoms with van der Waals surface area (Å²) in [6.07, 6.45) is 0. The zero-order chi connectivity index (χ0) is 18.1. The van der Waals surface area contributed by atoms with Crippen LogP contribution in [0.4, 0.5) is 10.8 Å². The normalized spacial score (nSPS) is 12.7. The Labute approximate surface area is 163 Å². The maximum atomic E-state index is 12.5. The molecule has 9 heteroatoms. The fourth-order valence-corrected chi connectivity index (χ4v) is 4.03. The number of benzene rings is 2. The van der Waals surface area contributed by atoms with Gasteiger partial charge in [0.1, 0.15) is 12.4 Å². The molecule has 4 rings (SSSR count). The van der Waals surface area contributed by atoms with Crippen LogP contribution in [0.15, 0.2) is 36.4 Å². The molecule has 0 radical (unpaired) electrons. The van der Waals surface area contributed by atoms with Gasteiger partial charge in [-0.2, -0.15) is 0 Å². The van der Waals surface area contributed by atoms with Crippen molar-refractivity contribution in [2.75, 3.05) is 23.8 Å². The number of hydrogen-bond acceptors (Lipinski definition) is 6. The second-order valence-electron chi connectivity index (χ2n) is 5.45. The first-order valence-corrected chi connectivity index (χ1v) is 9.29. The maximum absolute atomic E-state index is 12.5. The number of nitrogens with one attached hydrogen (secondary N) is 2. The number of ether oxygens (including phenoxy) is 1. The first-order chi connectivity index (χ1) is 12.6. The van der Waals surface area contributed by atoms with E-state index in [0.29, 0.717) is 44.5 Å². The molecule has 2 N–H and O–H groups in total. The van der Waals surface area contributed by atoms with Crippen LogP contribution in [0.2, 0.25) is 10.0 Å². The lowest BCUT2D eigenvalue weighted by Gasteiger charge is -2.19. The van der Waals surface area contributed by atoms with E-state index in [4.69, 9.17) is 27.9 Å². The quantitative estimate of drug-likeness (QED) is 0.665. The van der Waals surface area contributed by atoms with E-state index in [2.05, 4.69) is 20.8 Å². The minimum absolute atomic E-state index is 0.284. The molecule has 0 unspecified atom stereocenters. The van der Waals surface area contributed by atoms with Crippen LogP contribution in [0, 0.1) is 0 Å². The third kappa shape index (κ3) is 3.33. The maximum Gasteiger partial charge on any atom is 0.257 e. The summed E-state index contributed by atoms with van der Waals surface area (Å²) < 4.78 is 5.51. The predicted octanol–water partition coefficient (Wildman–Crippen LogP) is 4.57. The Hall–Kier alpha value is -2.35. The summed E-state index contributed by atoms with van der Waals surface area (Å²) in [5.41, 5.74) is 1.89. The molecular formula is C17H12Cl2N4O2S. The molecule has 0 bridgehead atoms. The highest BCUT2D eigenvalue weighted by atomic mass is 35.5. The average molecular weight is 407 g/mol. The second-order valence-corrected chi connectivity index (χ2v) is 7.24. The molecule has 0 atom stereocenters. The number of carbonyl (C=O) groups is 1. The number of hydrogen-bond donors (Lipinski definition) is 2. The number of carbonyl (C=O) groups excluding carboxylic acids is 1. The van der Waals surface area contributed by atoms with Gasteiger partial charge in [0.25, 0.3) is 5.91 Å². The summed E-state index contributed by atoms with van der Waals surface area (Å²) in [4.78, 5) is 12.5. The smallest absolute Gasteiger partial charge is 0.257 e. The molecule has 0 aliphatic carbocycles. The molecule has 1 aliphatic heterocycles. The highest BCUT2D eigenvalue weighted by molar-refractivity contribution is 7.18. The van der Waals surface area contributed by atoms with E-state index in [-0.39, 0.29) is 5.91 Å². The number of fused-ring (bicyclic) bond motifs is 1. The Bertz CT molecular complexity index is 972. The molecule has 0 saturated heterocycles. The van der Waals surface area contributed by atoms with Gasteiger partial charge in [0.05, 0.1) is 15.7 Å². The van der Waals surface area contributed by atoms with Gasteiger partial charge in [0.2, 0.25) is 5.13 Å². The van der Waals surface area contributed by atoms with E-state index in [0.717, 1.165) is 11.4 Å². The number of halogens is 2. The minimum Gasteiger partial charge on any atom is -0.490 e. The van der Waals surface area contributed by atoms with Gasteiger partial charge in [0, 0.05) is 17.7 Å². The molecular weight excluding hydrogens is 395 g/mol. The Morgan fingerprint density at radius 1 is 1.19 bits per heavy atom. The Morgan fingerprint density at radius 2 is 2.00 bits per heavy atom. The molecule has 26 heavy (non-hydrogen) atoms. The number of nitrogens with zero attached hydrogens (tertiary/aromatic N) is 2. The predicted molar refractivity (Wildman–Crippen MR) is 104 cm³/mol. The molecule has 132 valence electrons. The van der Waals surface area contributed by atoms with E-state index in [1.54, 1.807) is 36.4 Å². The van der Waals surface area contributed by atoms with Gasteiger partial charge in [0.15, 0.2) is 5.01 Å². The topological polar surface area (TPSA) is 76.1 Å². The van der Waals surface area contributed by atoms with Crippen LogP contribution >= 0.6 is 34.5 Å². The van der Waals surface area contributed by atoms with Crippen LogP contribution in [0.25, 0.3) is 10.6 Å². The van der Waals surface area contributed by atoms with Gasteiger partial charge in [-0.25, -0.2) is 0 Å². The molecule has 1 amide bonds. The van der Waals surface area contributed by atoms with Crippen LogP contribution in [0.5, 0.6) is 5.75 Å². The summed E-state index contributed by atoms with van der Waals surface area (Å²) in [5, 5.41) is 15.9.